The van der Waals surface area contributed by atoms with Gasteiger partial charge in [0.2, 0.25) is 0 Å². The Labute approximate surface area is 198 Å². The second-order valence-electron chi connectivity index (χ2n) is 8.64. The number of rotatable bonds is 5. The Morgan fingerprint density at radius 3 is 2.03 bits per heavy atom. The summed E-state index contributed by atoms with van der Waals surface area (Å²) in [5.41, 5.74) is -2.27. The SMILES string of the molecule is COC(=O)N(C)[C@H]1CC[C@H](N[C@@H](C)c2cc(C(F)(F)F)cc(C(F)(F)F)c2)[C@@H]1c1ccc(F)cc1. The van der Waals surface area contributed by atoms with Gasteiger partial charge in [-0.05, 0) is 61.2 Å². The maximum Gasteiger partial charge on any atom is 0.416 e. The molecule has 1 aliphatic rings. The predicted octanol–water partition coefficient (Wildman–Crippen LogP) is 6.53. The summed E-state index contributed by atoms with van der Waals surface area (Å²) < 4.78 is 98.1. The van der Waals surface area contributed by atoms with E-state index in [9.17, 15) is 35.5 Å². The van der Waals surface area contributed by atoms with Gasteiger partial charge < -0.3 is 15.0 Å². The van der Waals surface area contributed by atoms with Gasteiger partial charge in [0.05, 0.1) is 18.2 Å². The summed E-state index contributed by atoms with van der Waals surface area (Å²) in [6, 6.07) is 5.42. The molecule has 4 nitrogen and oxygen atoms in total. The summed E-state index contributed by atoms with van der Waals surface area (Å²) in [5, 5.41) is 3.15. The third kappa shape index (κ3) is 6.06. The van der Waals surface area contributed by atoms with Crippen molar-refractivity contribution in [1.82, 2.24) is 10.2 Å². The van der Waals surface area contributed by atoms with Crippen LogP contribution in [0.4, 0.5) is 35.5 Å². The second-order valence-corrected chi connectivity index (χ2v) is 8.64. The largest absolute Gasteiger partial charge is 0.453 e. The molecule has 0 heterocycles. The summed E-state index contributed by atoms with van der Waals surface area (Å²) in [6.07, 6.45) is -9.52. The number of hydrogen-bond donors (Lipinski definition) is 1. The maximum atomic E-state index is 13.5. The zero-order valence-electron chi connectivity index (χ0n) is 19.2. The van der Waals surface area contributed by atoms with Crippen molar-refractivity contribution in [2.24, 2.45) is 0 Å². The monoisotopic (exact) mass is 506 g/mol. The van der Waals surface area contributed by atoms with Crippen LogP contribution < -0.4 is 5.32 Å². The lowest BCUT2D eigenvalue weighted by molar-refractivity contribution is -0.143. The first-order valence-corrected chi connectivity index (χ1v) is 10.8. The molecule has 192 valence electrons. The zero-order valence-corrected chi connectivity index (χ0v) is 19.2. The molecule has 3 rings (SSSR count). The number of amides is 1. The average Bonchev–Trinajstić information content (AvgIpc) is 3.20. The molecule has 0 aliphatic heterocycles. The molecule has 1 fully saturated rings. The quantitative estimate of drug-likeness (QED) is 0.469. The van der Waals surface area contributed by atoms with Crippen LogP contribution in [0.5, 0.6) is 0 Å². The molecule has 4 atom stereocenters. The predicted molar refractivity (Wildman–Crippen MR) is 114 cm³/mol. The van der Waals surface area contributed by atoms with Gasteiger partial charge in [-0.2, -0.15) is 26.3 Å². The Bertz CT molecular complexity index is 1010. The third-order valence-corrected chi connectivity index (χ3v) is 6.41. The summed E-state index contributed by atoms with van der Waals surface area (Å²) >= 11 is 0. The molecule has 11 heteroatoms. The molecular formula is C24H25F7N2O2. The molecule has 0 aromatic heterocycles. The van der Waals surface area contributed by atoms with E-state index >= 15 is 0 Å². The van der Waals surface area contributed by atoms with E-state index in [-0.39, 0.29) is 17.7 Å². The lowest BCUT2D eigenvalue weighted by Gasteiger charge is -2.33. The van der Waals surface area contributed by atoms with Crippen LogP contribution in [0.25, 0.3) is 0 Å². The lowest BCUT2D eigenvalue weighted by atomic mass is 9.89. The van der Waals surface area contributed by atoms with E-state index in [0.29, 0.717) is 30.5 Å². The van der Waals surface area contributed by atoms with Crippen molar-refractivity contribution in [2.45, 2.75) is 56.2 Å². The van der Waals surface area contributed by atoms with Crippen molar-refractivity contribution in [2.75, 3.05) is 14.2 Å². The summed E-state index contributed by atoms with van der Waals surface area (Å²) in [7, 11) is 2.77. The van der Waals surface area contributed by atoms with Crippen LogP contribution in [0.2, 0.25) is 0 Å². The van der Waals surface area contributed by atoms with Gasteiger partial charge >= 0.3 is 18.4 Å². The van der Waals surface area contributed by atoms with Gasteiger partial charge in [-0.3, -0.25) is 0 Å². The fraction of sp³-hybridized carbons (Fsp3) is 0.458. The van der Waals surface area contributed by atoms with Crippen molar-refractivity contribution in [3.8, 4) is 0 Å². The van der Waals surface area contributed by atoms with E-state index in [1.165, 1.54) is 31.1 Å². The highest BCUT2D eigenvalue weighted by Crippen LogP contribution is 2.41. The molecule has 0 saturated heterocycles. The van der Waals surface area contributed by atoms with Crippen molar-refractivity contribution < 1.29 is 40.3 Å². The number of nitrogens with one attached hydrogen (secondary N) is 1. The Morgan fingerprint density at radius 1 is 1.00 bits per heavy atom. The van der Waals surface area contributed by atoms with Crippen LogP contribution in [0.15, 0.2) is 42.5 Å². The smallest absolute Gasteiger partial charge is 0.416 e. The van der Waals surface area contributed by atoms with Crippen LogP contribution in [-0.2, 0) is 17.1 Å². The minimum Gasteiger partial charge on any atom is -0.453 e. The zero-order chi connectivity index (χ0) is 26.1. The van der Waals surface area contributed by atoms with Gasteiger partial charge in [0.1, 0.15) is 5.82 Å². The number of hydrogen-bond acceptors (Lipinski definition) is 3. The van der Waals surface area contributed by atoms with E-state index in [1.807, 2.05) is 0 Å². The Morgan fingerprint density at radius 2 is 1.54 bits per heavy atom. The van der Waals surface area contributed by atoms with Crippen LogP contribution in [0.3, 0.4) is 0 Å². The Kier molecular flexibility index (Phi) is 7.68. The minimum absolute atomic E-state index is 0.0917. The standard InChI is InChI=1S/C24H25F7N2O2/c1-13(15-10-16(23(26,27)28)12-17(11-15)24(29,30)31)32-19-8-9-20(33(2)22(34)35-3)21(19)14-4-6-18(25)7-5-14/h4-7,10-13,19-21,32H,8-9H2,1-3H3/t13-,19-,20-,21-/m0/s1. The van der Waals surface area contributed by atoms with Crippen molar-refractivity contribution in [1.29, 1.82) is 0 Å². The minimum atomic E-state index is -4.95. The first-order chi connectivity index (χ1) is 16.2. The number of methoxy groups -OCH3 is 1. The molecular weight excluding hydrogens is 481 g/mol. The van der Waals surface area contributed by atoms with Gasteiger partial charge in [0.25, 0.3) is 0 Å². The van der Waals surface area contributed by atoms with Crippen molar-refractivity contribution >= 4 is 6.09 Å². The molecule has 1 N–H and O–H groups in total. The molecule has 2 aromatic rings. The van der Waals surface area contributed by atoms with Crippen LogP contribution in [0, 0.1) is 5.82 Å². The topological polar surface area (TPSA) is 41.6 Å². The number of benzene rings is 2. The van der Waals surface area contributed by atoms with E-state index in [0.717, 1.165) is 0 Å². The molecule has 1 amide bonds. The fourth-order valence-electron chi connectivity index (χ4n) is 4.66. The van der Waals surface area contributed by atoms with Gasteiger partial charge in [0, 0.05) is 31.1 Å². The van der Waals surface area contributed by atoms with E-state index in [4.69, 9.17) is 4.74 Å². The molecule has 0 bridgehead atoms. The first-order valence-electron chi connectivity index (χ1n) is 10.8. The van der Waals surface area contributed by atoms with E-state index < -0.39 is 53.4 Å². The van der Waals surface area contributed by atoms with E-state index in [1.54, 1.807) is 19.2 Å². The number of alkyl halides is 6. The first kappa shape index (κ1) is 26.8. The highest BCUT2D eigenvalue weighted by atomic mass is 19.4. The Hall–Kier alpha value is -2.82. The lowest BCUT2D eigenvalue weighted by Crippen LogP contribution is -2.43. The average molecular weight is 506 g/mol. The fourth-order valence-corrected chi connectivity index (χ4v) is 4.66. The highest BCUT2D eigenvalue weighted by molar-refractivity contribution is 5.67. The van der Waals surface area contributed by atoms with Crippen molar-refractivity contribution in [3.05, 3.63) is 70.5 Å². The summed E-state index contributed by atoms with van der Waals surface area (Å²) in [5.74, 6) is -0.874. The second kappa shape index (κ2) is 10.0. The van der Waals surface area contributed by atoms with Crippen LogP contribution in [-0.4, -0.2) is 37.2 Å². The molecule has 0 radical (unpaired) electrons. The van der Waals surface area contributed by atoms with Gasteiger partial charge in [-0.15, -0.1) is 0 Å². The molecule has 1 saturated carbocycles. The van der Waals surface area contributed by atoms with Gasteiger partial charge in [0.15, 0.2) is 0 Å². The van der Waals surface area contributed by atoms with Crippen LogP contribution in [0.1, 0.15) is 54.0 Å². The molecule has 0 spiro atoms. The molecule has 1 aliphatic carbocycles. The van der Waals surface area contributed by atoms with Crippen LogP contribution >= 0.6 is 0 Å². The summed E-state index contributed by atoms with van der Waals surface area (Å²) in [6.45, 7) is 1.48. The number of likely N-dealkylation sites (N-methyl/N-ethyl adjacent to an activating group) is 1. The van der Waals surface area contributed by atoms with Crippen molar-refractivity contribution in [3.63, 3.8) is 0 Å². The summed E-state index contributed by atoms with van der Waals surface area (Å²) in [4.78, 5) is 13.5. The third-order valence-electron chi connectivity index (χ3n) is 6.41. The van der Waals surface area contributed by atoms with Gasteiger partial charge in [-0.1, -0.05) is 12.1 Å². The highest BCUT2D eigenvalue weighted by Gasteiger charge is 2.42. The molecule has 35 heavy (non-hydrogen) atoms. The number of ether oxygens (including phenoxy) is 1. The normalized spacial score (nSPS) is 21.6. The number of halogens is 7. The number of nitrogens with zero attached hydrogens (tertiary/aromatic N) is 1. The molecule has 0 unspecified atom stereocenters. The molecule has 2 aromatic carbocycles. The number of carbonyl (C=O) groups excluding carboxylic acids is 1. The van der Waals surface area contributed by atoms with E-state index in [2.05, 4.69) is 5.32 Å². The Balaban J connectivity index is 1.95. The van der Waals surface area contributed by atoms with Gasteiger partial charge in [-0.25, -0.2) is 9.18 Å². The maximum absolute atomic E-state index is 13.5. The number of carbonyl (C=O) groups is 1.